The van der Waals surface area contributed by atoms with Crippen LogP contribution in [-0.2, 0) is 4.79 Å². The van der Waals surface area contributed by atoms with E-state index in [1.165, 1.54) is 25.7 Å². The monoisotopic (exact) mass is 270 g/mol. The van der Waals surface area contributed by atoms with E-state index in [0.717, 1.165) is 0 Å². The Bertz CT molecular complexity index is 330. The van der Waals surface area contributed by atoms with Crippen LogP contribution in [0.3, 0.4) is 0 Å². The van der Waals surface area contributed by atoms with Crippen LogP contribution >= 0.6 is 0 Å². The number of amides is 2. The fraction of sp³-hybridized carbons (Fsp3) is 0.857. The van der Waals surface area contributed by atoms with E-state index in [1.807, 2.05) is 20.8 Å². The summed E-state index contributed by atoms with van der Waals surface area (Å²) in [4.78, 5) is 24.9. The van der Waals surface area contributed by atoms with Crippen LogP contribution in [0.25, 0.3) is 0 Å². The maximum Gasteiger partial charge on any atom is 0.326 e. The molecule has 1 rings (SSSR count). The summed E-state index contributed by atoms with van der Waals surface area (Å²) in [6.07, 6.45) is 4.80. The van der Waals surface area contributed by atoms with Crippen molar-refractivity contribution in [3.63, 3.8) is 0 Å². The van der Waals surface area contributed by atoms with Crippen LogP contribution in [0, 0.1) is 11.3 Å². The number of rotatable bonds is 4. The summed E-state index contributed by atoms with van der Waals surface area (Å²) in [5, 5.41) is 11.8. The minimum atomic E-state index is -0.991. The highest BCUT2D eigenvalue weighted by molar-refractivity contribution is 5.83. The van der Waals surface area contributed by atoms with Gasteiger partial charge in [0.1, 0.15) is 6.04 Å². The van der Waals surface area contributed by atoms with E-state index in [0.29, 0.717) is 12.5 Å². The predicted molar refractivity (Wildman–Crippen MR) is 74.0 cm³/mol. The molecule has 5 nitrogen and oxygen atoms in total. The van der Waals surface area contributed by atoms with Gasteiger partial charge in [0.2, 0.25) is 0 Å². The van der Waals surface area contributed by atoms with Crippen LogP contribution in [0.15, 0.2) is 0 Å². The van der Waals surface area contributed by atoms with Crippen LogP contribution in [0.5, 0.6) is 0 Å². The summed E-state index contributed by atoms with van der Waals surface area (Å²) in [5.74, 6) is -0.427. The van der Waals surface area contributed by atoms with Gasteiger partial charge in [-0.1, -0.05) is 33.6 Å². The number of carbonyl (C=O) groups excluding carboxylic acids is 1. The quantitative estimate of drug-likeness (QED) is 0.823. The first-order valence-electron chi connectivity index (χ1n) is 6.96. The SMILES string of the molecule is CN(CC1CCCC1)C(=O)N[C@H](C(=O)O)C(C)(C)C. The number of hydrogen-bond acceptors (Lipinski definition) is 2. The van der Waals surface area contributed by atoms with Crippen molar-refractivity contribution in [3.8, 4) is 0 Å². The van der Waals surface area contributed by atoms with Crippen LogP contribution < -0.4 is 5.32 Å². The zero-order valence-corrected chi connectivity index (χ0v) is 12.4. The number of carboxylic acid groups (broad SMARTS) is 1. The lowest BCUT2D eigenvalue weighted by atomic mass is 9.87. The number of carboxylic acids is 1. The third-order valence-corrected chi connectivity index (χ3v) is 3.73. The van der Waals surface area contributed by atoms with Gasteiger partial charge in [0.05, 0.1) is 0 Å². The smallest absolute Gasteiger partial charge is 0.326 e. The second-order valence-corrected chi connectivity index (χ2v) is 6.62. The molecule has 0 aromatic carbocycles. The first-order valence-corrected chi connectivity index (χ1v) is 6.96. The van der Waals surface area contributed by atoms with E-state index < -0.39 is 17.4 Å². The van der Waals surface area contributed by atoms with Crippen LogP contribution in [0.4, 0.5) is 4.79 Å². The lowest BCUT2D eigenvalue weighted by Gasteiger charge is -2.30. The Morgan fingerprint density at radius 3 is 2.26 bits per heavy atom. The van der Waals surface area contributed by atoms with Crippen molar-refractivity contribution >= 4 is 12.0 Å². The summed E-state index contributed by atoms with van der Waals surface area (Å²) in [6, 6.07) is -1.17. The van der Waals surface area contributed by atoms with Crippen LogP contribution in [-0.4, -0.2) is 41.6 Å². The Balaban J connectivity index is 2.53. The second-order valence-electron chi connectivity index (χ2n) is 6.62. The molecule has 0 radical (unpaired) electrons. The highest BCUT2D eigenvalue weighted by atomic mass is 16.4. The van der Waals surface area contributed by atoms with E-state index in [2.05, 4.69) is 5.32 Å². The molecule has 1 atom stereocenters. The molecule has 2 N–H and O–H groups in total. The van der Waals surface area contributed by atoms with E-state index in [1.54, 1.807) is 11.9 Å². The molecule has 110 valence electrons. The summed E-state index contributed by atoms with van der Waals surface area (Å²) >= 11 is 0. The maximum atomic E-state index is 12.0. The summed E-state index contributed by atoms with van der Waals surface area (Å²) in [5.41, 5.74) is -0.504. The van der Waals surface area contributed by atoms with Gasteiger partial charge in [-0.2, -0.15) is 0 Å². The van der Waals surface area contributed by atoms with Gasteiger partial charge in [0, 0.05) is 13.6 Å². The van der Waals surface area contributed by atoms with Crippen molar-refractivity contribution in [2.24, 2.45) is 11.3 Å². The third kappa shape index (κ3) is 4.73. The normalized spacial score (nSPS) is 18.1. The first kappa shape index (κ1) is 15.8. The second kappa shape index (κ2) is 6.26. The standard InChI is InChI=1S/C14H26N2O3/c1-14(2,3)11(12(17)18)15-13(19)16(4)9-10-7-5-6-8-10/h10-11H,5-9H2,1-4H3,(H,15,19)(H,17,18)/t11-/m1/s1. The number of hydrogen-bond donors (Lipinski definition) is 2. The van der Waals surface area contributed by atoms with Crippen molar-refractivity contribution < 1.29 is 14.7 Å². The first-order chi connectivity index (χ1) is 8.71. The Morgan fingerprint density at radius 1 is 1.32 bits per heavy atom. The summed E-state index contributed by atoms with van der Waals surface area (Å²) in [7, 11) is 1.73. The molecule has 1 saturated carbocycles. The van der Waals surface area contributed by atoms with Gasteiger partial charge < -0.3 is 15.3 Å². The number of nitrogens with zero attached hydrogens (tertiary/aromatic N) is 1. The molecule has 0 aromatic rings. The number of urea groups is 1. The van der Waals surface area contributed by atoms with Gasteiger partial charge in [-0.25, -0.2) is 9.59 Å². The molecule has 19 heavy (non-hydrogen) atoms. The van der Waals surface area contributed by atoms with E-state index in [9.17, 15) is 14.7 Å². The Morgan fingerprint density at radius 2 is 1.84 bits per heavy atom. The predicted octanol–water partition coefficient (Wildman–Crippen LogP) is 2.32. The molecular formula is C14H26N2O3. The minimum absolute atomic E-state index is 0.297. The molecule has 0 saturated heterocycles. The van der Waals surface area contributed by atoms with Crippen molar-refractivity contribution in [1.29, 1.82) is 0 Å². The largest absolute Gasteiger partial charge is 0.480 e. The summed E-state index contributed by atoms with van der Waals surface area (Å²) in [6.45, 7) is 6.14. The number of carbonyl (C=O) groups is 2. The van der Waals surface area contributed by atoms with E-state index >= 15 is 0 Å². The Hall–Kier alpha value is -1.26. The molecular weight excluding hydrogens is 244 g/mol. The van der Waals surface area contributed by atoms with E-state index in [-0.39, 0.29) is 6.03 Å². The molecule has 0 spiro atoms. The van der Waals surface area contributed by atoms with Gasteiger partial charge in [0.25, 0.3) is 0 Å². The molecule has 0 aliphatic heterocycles. The molecule has 0 aromatic heterocycles. The van der Waals surface area contributed by atoms with Gasteiger partial charge in [-0.3, -0.25) is 0 Å². The molecule has 1 aliphatic carbocycles. The minimum Gasteiger partial charge on any atom is -0.480 e. The van der Waals surface area contributed by atoms with Gasteiger partial charge in [-0.15, -0.1) is 0 Å². The zero-order chi connectivity index (χ0) is 14.6. The van der Waals surface area contributed by atoms with Gasteiger partial charge in [0.15, 0.2) is 0 Å². The fourth-order valence-electron chi connectivity index (χ4n) is 2.55. The molecule has 1 fully saturated rings. The van der Waals surface area contributed by atoms with Crippen LogP contribution in [0.1, 0.15) is 46.5 Å². The molecule has 0 bridgehead atoms. The van der Waals surface area contributed by atoms with Gasteiger partial charge >= 0.3 is 12.0 Å². The molecule has 2 amide bonds. The van der Waals surface area contributed by atoms with Crippen molar-refractivity contribution in [3.05, 3.63) is 0 Å². The molecule has 5 heteroatoms. The highest BCUT2D eigenvalue weighted by Gasteiger charge is 2.33. The Labute approximate surface area is 115 Å². The maximum absolute atomic E-state index is 12.0. The number of aliphatic carboxylic acids is 1. The highest BCUT2D eigenvalue weighted by Crippen LogP contribution is 2.25. The lowest BCUT2D eigenvalue weighted by molar-refractivity contribution is -0.142. The molecule has 1 aliphatic rings. The lowest BCUT2D eigenvalue weighted by Crippen LogP contribution is -2.53. The third-order valence-electron chi connectivity index (χ3n) is 3.73. The van der Waals surface area contributed by atoms with Crippen molar-refractivity contribution in [1.82, 2.24) is 10.2 Å². The Kier molecular flexibility index (Phi) is 5.20. The van der Waals surface area contributed by atoms with E-state index in [4.69, 9.17) is 0 Å². The van der Waals surface area contributed by atoms with Crippen molar-refractivity contribution in [2.75, 3.05) is 13.6 Å². The van der Waals surface area contributed by atoms with Gasteiger partial charge in [-0.05, 0) is 24.2 Å². The summed E-state index contributed by atoms with van der Waals surface area (Å²) < 4.78 is 0. The molecule has 0 unspecified atom stereocenters. The number of nitrogens with one attached hydrogen (secondary N) is 1. The van der Waals surface area contributed by atoms with Crippen molar-refractivity contribution in [2.45, 2.75) is 52.5 Å². The topological polar surface area (TPSA) is 69.6 Å². The molecule has 0 heterocycles. The average molecular weight is 270 g/mol. The van der Waals surface area contributed by atoms with Crippen LogP contribution in [0.2, 0.25) is 0 Å². The fourth-order valence-corrected chi connectivity index (χ4v) is 2.55. The average Bonchev–Trinajstić information content (AvgIpc) is 2.75. The zero-order valence-electron chi connectivity index (χ0n) is 12.4.